The number of amides is 2. The minimum absolute atomic E-state index is 0.0335. The summed E-state index contributed by atoms with van der Waals surface area (Å²) >= 11 is 0. The van der Waals surface area contributed by atoms with Crippen molar-refractivity contribution >= 4 is 6.03 Å². The van der Waals surface area contributed by atoms with Gasteiger partial charge in [-0.15, -0.1) is 0 Å². The molecular formula is C23H36N4O. The zero-order valence-corrected chi connectivity index (χ0v) is 17.5. The predicted molar refractivity (Wildman–Crippen MR) is 113 cm³/mol. The zero-order valence-electron chi connectivity index (χ0n) is 17.5. The lowest BCUT2D eigenvalue weighted by atomic mass is 9.56. The molecule has 0 radical (unpaired) electrons. The number of hydrogen-bond donors (Lipinski definition) is 3. The van der Waals surface area contributed by atoms with Gasteiger partial charge in [-0.25, -0.2) is 4.79 Å². The van der Waals surface area contributed by atoms with E-state index in [-0.39, 0.29) is 17.5 Å². The van der Waals surface area contributed by atoms with Crippen LogP contribution in [0.5, 0.6) is 0 Å². The second-order valence-corrected chi connectivity index (χ2v) is 8.89. The smallest absolute Gasteiger partial charge is 0.314 e. The van der Waals surface area contributed by atoms with Crippen LogP contribution in [-0.4, -0.2) is 50.2 Å². The number of likely N-dealkylation sites (N-methyl/N-ethyl adjacent to an activating group) is 1. The average Bonchev–Trinajstić information content (AvgIpc) is 3.21. The normalized spacial score (nSPS) is 31.4. The number of fused-ring (bicyclic) bond motifs is 1. The number of hydrogen-bond acceptors (Lipinski definition) is 3. The summed E-state index contributed by atoms with van der Waals surface area (Å²) in [4.78, 5) is 14.8. The van der Waals surface area contributed by atoms with Crippen molar-refractivity contribution in [1.82, 2.24) is 20.9 Å². The fraction of sp³-hybridized carbons (Fsp3) is 0.696. The Kier molecular flexibility index (Phi) is 5.93. The van der Waals surface area contributed by atoms with Gasteiger partial charge < -0.3 is 16.0 Å². The number of carbonyl (C=O) groups is 1. The minimum atomic E-state index is -0.0335. The van der Waals surface area contributed by atoms with E-state index >= 15 is 0 Å². The molecule has 1 unspecified atom stereocenters. The third-order valence-electron chi connectivity index (χ3n) is 7.63. The van der Waals surface area contributed by atoms with Crippen molar-refractivity contribution in [2.75, 3.05) is 33.2 Å². The van der Waals surface area contributed by atoms with Gasteiger partial charge in [-0.3, -0.25) is 4.90 Å². The first-order valence-electron chi connectivity index (χ1n) is 11.2. The lowest BCUT2D eigenvalue weighted by Crippen LogP contribution is -2.60. The number of carbonyl (C=O) groups excluding carboxylic acids is 1. The Bertz CT molecular complexity index is 687. The highest BCUT2D eigenvalue weighted by Crippen LogP contribution is 2.53. The van der Waals surface area contributed by atoms with Crippen molar-refractivity contribution < 1.29 is 4.79 Å². The Hall–Kier alpha value is -1.59. The van der Waals surface area contributed by atoms with Crippen LogP contribution in [0.15, 0.2) is 24.3 Å². The highest BCUT2D eigenvalue weighted by molar-refractivity contribution is 5.73. The molecule has 3 N–H and O–H groups in total. The first-order chi connectivity index (χ1) is 13.7. The number of benzene rings is 1. The van der Waals surface area contributed by atoms with Gasteiger partial charge in [0.2, 0.25) is 0 Å². The van der Waals surface area contributed by atoms with Crippen molar-refractivity contribution in [3.8, 4) is 0 Å². The molecule has 1 aliphatic carbocycles. The van der Waals surface area contributed by atoms with Crippen LogP contribution in [0.4, 0.5) is 4.79 Å². The summed E-state index contributed by atoms with van der Waals surface area (Å²) in [5.41, 5.74) is 3.21. The summed E-state index contributed by atoms with van der Waals surface area (Å²) < 4.78 is 0. The van der Waals surface area contributed by atoms with Crippen LogP contribution in [0.3, 0.4) is 0 Å². The van der Waals surface area contributed by atoms with E-state index in [1.54, 1.807) is 12.6 Å². The van der Waals surface area contributed by atoms with Crippen molar-refractivity contribution in [3.63, 3.8) is 0 Å². The summed E-state index contributed by atoms with van der Waals surface area (Å²) in [6.07, 6.45) is 5.98. The zero-order chi connectivity index (χ0) is 19.6. The fourth-order valence-electron chi connectivity index (χ4n) is 6.38. The molecule has 0 bridgehead atoms. The molecular weight excluding hydrogens is 348 g/mol. The number of piperidine rings is 1. The van der Waals surface area contributed by atoms with E-state index in [1.807, 2.05) is 0 Å². The lowest BCUT2D eigenvalue weighted by Gasteiger charge is -2.54. The summed E-state index contributed by atoms with van der Waals surface area (Å²) in [6, 6.07) is 9.39. The molecule has 1 saturated heterocycles. The maximum absolute atomic E-state index is 12.2. The molecule has 2 aliphatic heterocycles. The molecule has 5 heteroatoms. The third kappa shape index (κ3) is 3.43. The molecule has 1 aromatic carbocycles. The molecule has 1 saturated carbocycles. The van der Waals surface area contributed by atoms with E-state index in [0.29, 0.717) is 11.8 Å². The Balaban J connectivity index is 1.80. The summed E-state index contributed by atoms with van der Waals surface area (Å²) in [5, 5.41) is 9.67. The van der Waals surface area contributed by atoms with E-state index in [1.165, 1.54) is 31.2 Å². The largest absolute Gasteiger partial charge is 0.341 e. The Morgan fingerprint density at radius 1 is 1.21 bits per heavy atom. The average molecular weight is 385 g/mol. The first-order valence-corrected chi connectivity index (χ1v) is 11.2. The SMILES string of the molecule is CCN1Cc2ccccc2C(C2CCNCC2)([C@H]2CCC[C@@H]2NC(=O)NC)C1. The summed E-state index contributed by atoms with van der Waals surface area (Å²) in [7, 11) is 1.72. The van der Waals surface area contributed by atoms with Gasteiger partial charge in [0, 0.05) is 31.6 Å². The van der Waals surface area contributed by atoms with Gasteiger partial charge >= 0.3 is 6.03 Å². The molecule has 0 spiro atoms. The Morgan fingerprint density at radius 2 is 2.00 bits per heavy atom. The van der Waals surface area contributed by atoms with Gasteiger partial charge in [0.1, 0.15) is 0 Å². The van der Waals surface area contributed by atoms with Gasteiger partial charge in [-0.05, 0) is 68.3 Å². The van der Waals surface area contributed by atoms with Crippen molar-refractivity contribution in [1.29, 1.82) is 0 Å². The van der Waals surface area contributed by atoms with Crippen LogP contribution < -0.4 is 16.0 Å². The molecule has 2 fully saturated rings. The highest BCUT2D eigenvalue weighted by Gasteiger charge is 2.53. The van der Waals surface area contributed by atoms with Crippen LogP contribution in [0.1, 0.15) is 50.2 Å². The van der Waals surface area contributed by atoms with Crippen LogP contribution in [0.2, 0.25) is 0 Å². The third-order valence-corrected chi connectivity index (χ3v) is 7.63. The molecule has 0 aromatic heterocycles. The van der Waals surface area contributed by atoms with Crippen LogP contribution in [0, 0.1) is 11.8 Å². The lowest BCUT2D eigenvalue weighted by molar-refractivity contribution is 0.0534. The minimum Gasteiger partial charge on any atom is -0.341 e. The van der Waals surface area contributed by atoms with Gasteiger partial charge in [-0.1, -0.05) is 37.6 Å². The van der Waals surface area contributed by atoms with Gasteiger partial charge in [0.05, 0.1) is 0 Å². The predicted octanol–water partition coefficient (Wildman–Crippen LogP) is 2.86. The van der Waals surface area contributed by atoms with Gasteiger partial charge in [-0.2, -0.15) is 0 Å². The number of nitrogens with zero attached hydrogens (tertiary/aromatic N) is 1. The van der Waals surface area contributed by atoms with Crippen LogP contribution in [0.25, 0.3) is 0 Å². The number of urea groups is 1. The Labute approximate surface area is 169 Å². The number of nitrogens with one attached hydrogen (secondary N) is 3. The van der Waals surface area contributed by atoms with E-state index < -0.39 is 0 Å². The molecule has 5 nitrogen and oxygen atoms in total. The number of rotatable bonds is 4. The van der Waals surface area contributed by atoms with E-state index in [0.717, 1.165) is 39.1 Å². The van der Waals surface area contributed by atoms with Gasteiger partial charge in [0.15, 0.2) is 0 Å². The molecule has 4 rings (SSSR count). The molecule has 28 heavy (non-hydrogen) atoms. The van der Waals surface area contributed by atoms with Crippen molar-refractivity contribution in [2.24, 2.45) is 11.8 Å². The van der Waals surface area contributed by atoms with E-state index in [9.17, 15) is 4.79 Å². The maximum Gasteiger partial charge on any atom is 0.314 e. The highest BCUT2D eigenvalue weighted by atomic mass is 16.2. The standard InChI is InChI=1S/C23H36N4O/c1-3-27-15-17-7-4-5-8-19(17)23(16-27,18-11-13-25-14-12-18)20-9-6-10-21(20)26-22(28)24-2/h4-5,7-8,18,20-21,25H,3,6,9-16H2,1-2H3,(H2,24,26,28)/t20-,21-,23?/m0/s1. The summed E-state index contributed by atoms with van der Waals surface area (Å²) in [5.74, 6) is 1.17. The maximum atomic E-state index is 12.2. The van der Waals surface area contributed by atoms with Crippen molar-refractivity contribution in [3.05, 3.63) is 35.4 Å². The quantitative estimate of drug-likeness (QED) is 0.748. The Morgan fingerprint density at radius 3 is 2.75 bits per heavy atom. The second-order valence-electron chi connectivity index (χ2n) is 8.89. The summed E-state index contributed by atoms with van der Waals surface area (Å²) in [6.45, 7) is 7.78. The molecule has 2 heterocycles. The van der Waals surface area contributed by atoms with E-state index in [4.69, 9.17) is 0 Å². The van der Waals surface area contributed by atoms with Gasteiger partial charge in [0.25, 0.3) is 0 Å². The van der Waals surface area contributed by atoms with Crippen LogP contribution in [-0.2, 0) is 12.0 Å². The molecule has 2 amide bonds. The molecule has 154 valence electrons. The molecule has 1 aromatic rings. The fourth-order valence-corrected chi connectivity index (χ4v) is 6.38. The van der Waals surface area contributed by atoms with Crippen LogP contribution >= 0.6 is 0 Å². The molecule has 3 aliphatic rings. The molecule has 3 atom stereocenters. The first kappa shape index (κ1) is 19.7. The monoisotopic (exact) mass is 384 g/mol. The van der Waals surface area contributed by atoms with E-state index in [2.05, 4.69) is 52.0 Å². The topological polar surface area (TPSA) is 56.4 Å². The van der Waals surface area contributed by atoms with Crippen molar-refractivity contribution in [2.45, 2.75) is 57.0 Å². The second kappa shape index (κ2) is 8.42.